The van der Waals surface area contributed by atoms with Gasteiger partial charge >= 0.3 is 6.29 Å². The highest BCUT2D eigenvalue weighted by atomic mass is 16.3. The molecule has 0 fully saturated rings. The van der Waals surface area contributed by atoms with Crippen molar-refractivity contribution in [1.82, 2.24) is 0 Å². The molecule has 56 valence electrons. The fourth-order valence-electron chi connectivity index (χ4n) is 0.394. The highest BCUT2D eigenvalue weighted by molar-refractivity contribution is 5.58. The van der Waals surface area contributed by atoms with Crippen molar-refractivity contribution in [2.75, 3.05) is 0 Å². The Bertz CT molecular complexity index is 140. The third kappa shape index (κ3) is 3.17. The number of aliphatic hydroxyl groups excluding tert-OH is 2. The number of rotatable bonds is 4. The van der Waals surface area contributed by atoms with Gasteiger partial charge in [0, 0.05) is 0 Å². The Morgan fingerprint density at radius 1 is 1.30 bits per heavy atom. The van der Waals surface area contributed by atoms with E-state index in [1.54, 1.807) is 0 Å². The predicted octanol–water partition coefficient (Wildman–Crippen LogP) is -0.375. The fourth-order valence-corrected chi connectivity index (χ4v) is 0.394. The molecule has 0 aromatic rings. The monoisotopic (exact) mass is 143 g/mol. The van der Waals surface area contributed by atoms with Crippen LogP contribution in [0.4, 0.5) is 0 Å². The molecule has 3 N–H and O–H groups in total. The van der Waals surface area contributed by atoms with E-state index in [-0.39, 0.29) is 0 Å². The van der Waals surface area contributed by atoms with Crippen LogP contribution < -0.4 is 0 Å². The third-order valence-electron chi connectivity index (χ3n) is 0.947. The highest BCUT2D eigenvalue weighted by Gasteiger charge is 2.13. The van der Waals surface area contributed by atoms with Gasteiger partial charge in [-0.15, -0.1) is 0 Å². The molecule has 0 rings (SSSR count). The van der Waals surface area contributed by atoms with Crippen molar-refractivity contribution in [2.45, 2.75) is 12.2 Å². The zero-order valence-corrected chi connectivity index (χ0v) is 5.51. The molecule has 0 spiro atoms. The summed E-state index contributed by atoms with van der Waals surface area (Å²) in [7, 11) is 0. The van der Waals surface area contributed by atoms with Gasteiger partial charge in [-0.05, 0) is 0 Å². The van der Waals surface area contributed by atoms with E-state index in [1.807, 2.05) is 0 Å². The van der Waals surface area contributed by atoms with Gasteiger partial charge in [0.25, 0.3) is 0 Å². The van der Waals surface area contributed by atoms with Crippen molar-refractivity contribution >= 4 is 6.29 Å². The smallest absolute Gasteiger partial charge is 0.313 e. The summed E-state index contributed by atoms with van der Waals surface area (Å²) in [5, 5.41) is 17.6. The minimum Gasteiger partial charge on any atom is -0.386 e. The van der Waals surface area contributed by atoms with Gasteiger partial charge in [0.2, 0.25) is 0 Å². The lowest BCUT2D eigenvalue weighted by Crippen LogP contribution is -2.24. The van der Waals surface area contributed by atoms with Crippen LogP contribution in [0.25, 0.3) is 0 Å². The number of hydrogen-bond acceptors (Lipinski definition) is 2. The Kier molecular flexibility index (Phi) is 4.45. The maximum Gasteiger partial charge on any atom is 0.313 e. The zero-order valence-electron chi connectivity index (χ0n) is 5.51. The fraction of sp³-hybridized carbons (Fsp3) is 0.286. The van der Waals surface area contributed by atoms with Crippen LogP contribution >= 0.6 is 0 Å². The van der Waals surface area contributed by atoms with Crippen LogP contribution in [-0.4, -0.2) is 33.5 Å². The zero-order chi connectivity index (χ0) is 7.98. The van der Waals surface area contributed by atoms with E-state index in [4.69, 9.17) is 15.0 Å². The lowest BCUT2D eigenvalue weighted by molar-refractivity contribution is 0.0926. The second-order valence-corrected chi connectivity index (χ2v) is 1.75. The maximum absolute atomic E-state index is 8.87. The van der Waals surface area contributed by atoms with Gasteiger partial charge in [-0.25, -0.2) is 0 Å². The maximum atomic E-state index is 8.87. The van der Waals surface area contributed by atoms with E-state index in [9.17, 15) is 0 Å². The number of carbonyl (C=O) groups excluding carboxylic acids is 1. The summed E-state index contributed by atoms with van der Waals surface area (Å²) >= 11 is 0. The molecular formula is C7H11O3+. The minimum absolute atomic E-state index is 0.526. The second-order valence-electron chi connectivity index (χ2n) is 1.75. The van der Waals surface area contributed by atoms with E-state index in [2.05, 4.69) is 6.58 Å². The van der Waals surface area contributed by atoms with Crippen LogP contribution in [0.5, 0.6) is 0 Å². The Morgan fingerprint density at radius 2 is 1.90 bits per heavy atom. The normalized spacial score (nSPS) is 16.6. The molecule has 0 amide bonds. The van der Waals surface area contributed by atoms with E-state index in [0.29, 0.717) is 6.29 Å². The lowest BCUT2D eigenvalue weighted by Gasteiger charge is -2.02. The molecule has 0 bridgehead atoms. The molecule has 0 aliphatic heterocycles. The van der Waals surface area contributed by atoms with Crippen LogP contribution in [0.15, 0.2) is 24.8 Å². The molecule has 0 heterocycles. The summed E-state index contributed by atoms with van der Waals surface area (Å²) in [5.41, 5.74) is 0. The van der Waals surface area contributed by atoms with Gasteiger partial charge in [-0.1, -0.05) is 24.8 Å². The first-order valence-electron chi connectivity index (χ1n) is 2.85. The standard InChI is InChI=1S/C7H10O3/c1-2-3-4-6(9)7(10)5-8/h2-7,9-10H,1H2/p+1/b4-3+/t6-,7+/m0/s1. The van der Waals surface area contributed by atoms with Gasteiger partial charge in [0.1, 0.15) is 6.10 Å². The van der Waals surface area contributed by atoms with Gasteiger partial charge < -0.3 is 10.2 Å². The van der Waals surface area contributed by atoms with E-state index >= 15 is 0 Å². The van der Waals surface area contributed by atoms with Gasteiger partial charge in [0.05, 0.1) is 0 Å². The quantitative estimate of drug-likeness (QED) is 0.320. The van der Waals surface area contributed by atoms with Crippen LogP contribution in [0, 0.1) is 0 Å². The van der Waals surface area contributed by atoms with Crippen molar-refractivity contribution in [3.8, 4) is 0 Å². The molecular weight excluding hydrogens is 132 g/mol. The van der Waals surface area contributed by atoms with Gasteiger partial charge in [-0.3, -0.25) is 4.79 Å². The van der Waals surface area contributed by atoms with Crippen LogP contribution in [-0.2, 0) is 0 Å². The van der Waals surface area contributed by atoms with Gasteiger partial charge in [0.15, 0.2) is 6.10 Å². The molecule has 3 nitrogen and oxygen atoms in total. The number of aliphatic hydroxyl groups is 2. The highest BCUT2D eigenvalue weighted by Crippen LogP contribution is 1.91. The predicted molar refractivity (Wildman–Crippen MR) is 39.4 cm³/mol. The average Bonchev–Trinajstić information content (AvgIpc) is 1.98. The van der Waals surface area contributed by atoms with Gasteiger partial charge in [-0.2, -0.15) is 0 Å². The SMILES string of the molecule is C=C/C=C/[C@H](O)[C@H](O)C=[OH+]. The summed E-state index contributed by atoms with van der Waals surface area (Å²) in [6, 6.07) is 0. The Balaban J connectivity index is 3.81. The molecule has 0 aromatic heterocycles. The van der Waals surface area contributed by atoms with Crippen molar-refractivity contribution < 1.29 is 15.0 Å². The summed E-state index contributed by atoms with van der Waals surface area (Å²) < 4.78 is 0. The molecule has 0 aliphatic carbocycles. The van der Waals surface area contributed by atoms with Crippen molar-refractivity contribution in [3.63, 3.8) is 0 Å². The van der Waals surface area contributed by atoms with Crippen molar-refractivity contribution in [3.05, 3.63) is 24.8 Å². The summed E-state index contributed by atoms with van der Waals surface area (Å²) in [5.74, 6) is 0. The first kappa shape index (κ1) is 9.07. The number of allylic oxidation sites excluding steroid dienone is 2. The van der Waals surface area contributed by atoms with E-state index < -0.39 is 12.2 Å². The second kappa shape index (κ2) is 4.90. The van der Waals surface area contributed by atoms with Crippen LogP contribution in [0.3, 0.4) is 0 Å². The summed E-state index contributed by atoms with van der Waals surface area (Å²) in [6.45, 7) is 3.37. The largest absolute Gasteiger partial charge is 0.386 e. The first-order valence-corrected chi connectivity index (χ1v) is 2.85. The van der Waals surface area contributed by atoms with E-state index in [0.717, 1.165) is 0 Å². The van der Waals surface area contributed by atoms with Crippen LogP contribution in [0.2, 0.25) is 0 Å². The van der Waals surface area contributed by atoms with Crippen molar-refractivity contribution in [1.29, 1.82) is 0 Å². The summed E-state index contributed by atoms with van der Waals surface area (Å²) in [6.07, 6.45) is 2.51. The summed E-state index contributed by atoms with van der Waals surface area (Å²) in [4.78, 5) is 8.21. The molecule has 3 heteroatoms. The minimum atomic E-state index is -1.23. The molecule has 0 aromatic carbocycles. The Morgan fingerprint density at radius 3 is 2.30 bits per heavy atom. The molecule has 0 aliphatic rings. The molecule has 0 radical (unpaired) electrons. The number of hydrogen-bond donors (Lipinski definition) is 2. The average molecular weight is 143 g/mol. The molecule has 0 saturated heterocycles. The Labute approximate surface area is 59.3 Å². The first-order chi connectivity index (χ1) is 4.72. The molecule has 0 saturated carbocycles. The molecule has 0 unspecified atom stereocenters. The third-order valence-corrected chi connectivity index (χ3v) is 0.947. The number of aldehydes is 1. The molecule has 2 atom stereocenters. The van der Waals surface area contributed by atoms with E-state index in [1.165, 1.54) is 18.2 Å². The van der Waals surface area contributed by atoms with Crippen molar-refractivity contribution in [2.24, 2.45) is 0 Å². The van der Waals surface area contributed by atoms with Crippen LogP contribution in [0.1, 0.15) is 0 Å². The Hall–Kier alpha value is -0.930. The topological polar surface area (TPSA) is 61.9 Å². The molecule has 10 heavy (non-hydrogen) atoms. The lowest BCUT2D eigenvalue weighted by atomic mass is 10.2.